The molecule has 6 nitrogen and oxygen atoms in total. The molecule has 2 N–H and O–H groups in total. The maximum atomic E-state index is 12.3. The van der Waals surface area contributed by atoms with Gasteiger partial charge in [-0.15, -0.1) is 0 Å². The van der Waals surface area contributed by atoms with Gasteiger partial charge in [0.2, 0.25) is 0 Å². The van der Waals surface area contributed by atoms with Gasteiger partial charge < -0.3 is 0 Å². The molecule has 2 heterocycles. The molecular formula is C21H17N5O. The Hall–Kier alpha value is -3.80. The van der Waals surface area contributed by atoms with Crippen LogP contribution in [0, 0.1) is 0 Å². The number of hydrogen-bond acceptors (Lipinski definition) is 4. The first-order valence-electron chi connectivity index (χ1n) is 8.50. The summed E-state index contributed by atoms with van der Waals surface area (Å²) < 4.78 is 0. The normalized spacial score (nSPS) is 11.5. The number of rotatable bonds is 4. The Balaban J connectivity index is 1.52. The summed E-state index contributed by atoms with van der Waals surface area (Å²) in [6.45, 7) is 1.82. The van der Waals surface area contributed by atoms with Crippen LogP contribution in [-0.2, 0) is 0 Å². The minimum Gasteiger partial charge on any atom is -0.272 e. The Morgan fingerprint density at radius 3 is 2.59 bits per heavy atom. The number of nitrogens with zero attached hydrogens (tertiary/aromatic N) is 3. The summed E-state index contributed by atoms with van der Waals surface area (Å²) in [5.41, 5.74) is 6.14. The number of pyridine rings is 1. The standard InChI is InChI=1S/C21H17N5O/c1-14(15-8-10-22-11-9-15)23-26-21(27)20-13-19(24-25-20)18-7-6-16-4-2-3-5-17(16)12-18/h2-13H,1H3,(H,24,25)(H,26,27)/b23-14-. The third-order valence-corrected chi connectivity index (χ3v) is 4.29. The molecule has 4 rings (SSSR count). The zero-order chi connectivity index (χ0) is 18.6. The number of amides is 1. The first-order chi connectivity index (χ1) is 13.2. The van der Waals surface area contributed by atoms with Crippen LogP contribution in [-0.4, -0.2) is 26.8 Å². The third-order valence-electron chi connectivity index (χ3n) is 4.29. The van der Waals surface area contributed by atoms with Crippen molar-refractivity contribution in [2.75, 3.05) is 0 Å². The highest BCUT2D eigenvalue weighted by atomic mass is 16.2. The van der Waals surface area contributed by atoms with Crippen LogP contribution < -0.4 is 5.43 Å². The van der Waals surface area contributed by atoms with Crippen molar-refractivity contribution in [1.29, 1.82) is 0 Å². The van der Waals surface area contributed by atoms with Crippen LogP contribution in [0.25, 0.3) is 22.0 Å². The third kappa shape index (κ3) is 3.59. The average molecular weight is 355 g/mol. The largest absolute Gasteiger partial charge is 0.289 e. The Morgan fingerprint density at radius 1 is 1.00 bits per heavy atom. The molecule has 1 amide bonds. The summed E-state index contributed by atoms with van der Waals surface area (Å²) in [5, 5.41) is 13.5. The highest BCUT2D eigenvalue weighted by Gasteiger charge is 2.11. The molecule has 0 bridgehead atoms. The fraction of sp³-hybridized carbons (Fsp3) is 0.0476. The zero-order valence-electron chi connectivity index (χ0n) is 14.7. The van der Waals surface area contributed by atoms with E-state index in [9.17, 15) is 4.79 Å². The lowest BCUT2D eigenvalue weighted by Gasteiger charge is -2.01. The monoisotopic (exact) mass is 355 g/mol. The number of carbonyl (C=O) groups is 1. The van der Waals surface area contributed by atoms with Crippen molar-refractivity contribution in [1.82, 2.24) is 20.6 Å². The molecule has 0 atom stereocenters. The van der Waals surface area contributed by atoms with E-state index in [-0.39, 0.29) is 5.91 Å². The van der Waals surface area contributed by atoms with Gasteiger partial charge in [-0.3, -0.25) is 14.9 Å². The van der Waals surface area contributed by atoms with Gasteiger partial charge in [0.25, 0.3) is 5.91 Å². The van der Waals surface area contributed by atoms with Gasteiger partial charge in [0, 0.05) is 23.5 Å². The Bertz CT molecular complexity index is 1130. The smallest absolute Gasteiger partial charge is 0.272 e. The van der Waals surface area contributed by atoms with Gasteiger partial charge in [0.1, 0.15) is 5.69 Å². The maximum Gasteiger partial charge on any atom is 0.289 e. The average Bonchev–Trinajstić information content (AvgIpc) is 3.22. The molecule has 0 aliphatic rings. The van der Waals surface area contributed by atoms with Crippen molar-refractivity contribution in [2.24, 2.45) is 5.10 Å². The van der Waals surface area contributed by atoms with Crippen LogP contribution in [0.4, 0.5) is 0 Å². The second kappa shape index (κ2) is 7.21. The quantitative estimate of drug-likeness (QED) is 0.432. The summed E-state index contributed by atoms with van der Waals surface area (Å²) in [6.07, 6.45) is 3.36. The summed E-state index contributed by atoms with van der Waals surface area (Å²) in [6, 6.07) is 19.6. The van der Waals surface area contributed by atoms with Crippen molar-refractivity contribution < 1.29 is 4.79 Å². The number of benzene rings is 2. The Morgan fingerprint density at radius 2 is 1.78 bits per heavy atom. The minimum absolute atomic E-state index is 0.344. The van der Waals surface area contributed by atoms with E-state index in [2.05, 4.69) is 43.9 Å². The lowest BCUT2D eigenvalue weighted by molar-refractivity contribution is 0.0950. The highest BCUT2D eigenvalue weighted by molar-refractivity contribution is 6.00. The number of carbonyl (C=O) groups excluding carboxylic acids is 1. The van der Waals surface area contributed by atoms with E-state index in [0.29, 0.717) is 17.1 Å². The van der Waals surface area contributed by atoms with Gasteiger partial charge in [-0.1, -0.05) is 36.4 Å². The fourth-order valence-electron chi connectivity index (χ4n) is 2.79. The van der Waals surface area contributed by atoms with Crippen LogP contribution in [0.5, 0.6) is 0 Å². The van der Waals surface area contributed by atoms with Gasteiger partial charge >= 0.3 is 0 Å². The number of aromatic amines is 1. The van der Waals surface area contributed by atoms with Crippen LogP contribution in [0.15, 0.2) is 78.2 Å². The van der Waals surface area contributed by atoms with Crippen LogP contribution in [0.3, 0.4) is 0 Å². The van der Waals surface area contributed by atoms with Gasteiger partial charge in [-0.2, -0.15) is 10.2 Å². The number of fused-ring (bicyclic) bond motifs is 1. The van der Waals surface area contributed by atoms with E-state index < -0.39 is 0 Å². The summed E-state index contributed by atoms with van der Waals surface area (Å²) in [7, 11) is 0. The molecule has 4 aromatic rings. The molecule has 0 spiro atoms. The summed E-state index contributed by atoms with van der Waals surface area (Å²) in [5.74, 6) is -0.344. The van der Waals surface area contributed by atoms with Gasteiger partial charge in [0.15, 0.2) is 0 Å². The molecule has 2 aromatic carbocycles. The first-order valence-corrected chi connectivity index (χ1v) is 8.50. The molecule has 0 fully saturated rings. The lowest BCUT2D eigenvalue weighted by atomic mass is 10.1. The Kier molecular flexibility index (Phi) is 4.45. The molecular weight excluding hydrogens is 338 g/mol. The maximum absolute atomic E-state index is 12.3. The molecule has 0 aliphatic carbocycles. The van der Waals surface area contributed by atoms with Crippen LogP contribution in [0.1, 0.15) is 23.0 Å². The summed E-state index contributed by atoms with van der Waals surface area (Å²) >= 11 is 0. The molecule has 6 heteroatoms. The number of nitrogens with one attached hydrogen (secondary N) is 2. The van der Waals surface area contributed by atoms with E-state index in [1.807, 2.05) is 43.3 Å². The van der Waals surface area contributed by atoms with Crippen molar-refractivity contribution in [3.63, 3.8) is 0 Å². The molecule has 0 radical (unpaired) electrons. The molecule has 27 heavy (non-hydrogen) atoms. The molecule has 0 saturated carbocycles. The van der Waals surface area contributed by atoms with E-state index in [0.717, 1.165) is 21.9 Å². The van der Waals surface area contributed by atoms with Gasteiger partial charge in [0.05, 0.1) is 11.4 Å². The number of hydrazone groups is 1. The van der Waals surface area contributed by atoms with Crippen molar-refractivity contribution in [2.45, 2.75) is 6.92 Å². The molecule has 0 saturated heterocycles. The van der Waals surface area contributed by atoms with Crippen LogP contribution >= 0.6 is 0 Å². The summed E-state index contributed by atoms with van der Waals surface area (Å²) in [4.78, 5) is 16.3. The lowest BCUT2D eigenvalue weighted by Crippen LogP contribution is -2.19. The molecule has 132 valence electrons. The predicted octanol–water partition coefficient (Wildman–Crippen LogP) is 3.78. The van der Waals surface area contributed by atoms with Crippen molar-refractivity contribution >= 4 is 22.4 Å². The van der Waals surface area contributed by atoms with E-state index >= 15 is 0 Å². The second-order valence-corrected chi connectivity index (χ2v) is 6.10. The topological polar surface area (TPSA) is 83.0 Å². The highest BCUT2D eigenvalue weighted by Crippen LogP contribution is 2.23. The first kappa shape index (κ1) is 16.7. The van der Waals surface area contributed by atoms with Crippen LogP contribution in [0.2, 0.25) is 0 Å². The fourth-order valence-corrected chi connectivity index (χ4v) is 2.79. The SMILES string of the molecule is C/C(=N/NC(=O)c1cc(-c2ccc3ccccc3c2)n[nH]1)c1ccncc1. The molecule has 2 aromatic heterocycles. The Labute approximate surface area is 156 Å². The van der Waals surface area contributed by atoms with E-state index in [4.69, 9.17) is 0 Å². The minimum atomic E-state index is -0.344. The van der Waals surface area contributed by atoms with E-state index in [1.54, 1.807) is 18.5 Å². The van der Waals surface area contributed by atoms with E-state index in [1.165, 1.54) is 0 Å². The molecule has 0 unspecified atom stereocenters. The van der Waals surface area contributed by atoms with Gasteiger partial charge in [-0.05, 0) is 42.0 Å². The number of aromatic nitrogens is 3. The van der Waals surface area contributed by atoms with Gasteiger partial charge in [-0.25, -0.2) is 5.43 Å². The van der Waals surface area contributed by atoms with Crippen molar-refractivity contribution in [3.8, 4) is 11.3 Å². The second-order valence-electron chi connectivity index (χ2n) is 6.10. The molecule has 0 aliphatic heterocycles. The zero-order valence-corrected chi connectivity index (χ0v) is 14.7. The number of hydrogen-bond donors (Lipinski definition) is 2. The van der Waals surface area contributed by atoms with Crippen molar-refractivity contribution in [3.05, 3.63) is 84.3 Å². The number of H-pyrrole nitrogens is 1. The predicted molar refractivity (Wildman–Crippen MR) is 105 cm³/mol.